The molecule has 42 heavy (non-hydrogen) atoms. The van der Waals surface area contributed by atoms with Crippen molar-refractivity contribution in [3.8, 4) is 22.9 Å². The molecule has 2 aromatic heterocycles. The molecule has 1 amide bonds. The maximum atomic E-state index is 13.6. The summed E-state index contributed by atoms with van der Waals surface area (Å²) in [5.41, 5.74) is 2.91. The molecule has 2 aromatic carbocycles. The number of fused-ring (bicyclic) bond motifs is 1. The summed E-state index contributed by atoms with van der Waals surface area (Å²) in [7, 11) is 0. The van der Waals surface area contributed by atoms with Crippen molar-refractivity contribution in [2.75, 3.05) is 23.7 Å². The van der Waals surface area contributed by atoms with Crippen LogP contribution >= 0.6 is 0 Å². The van der Waals surface area contributed by atoms with E-state index >= 15 is 0 Å². The predicted molar refractivity (Wildman–Crippen MR) is 159 cm³/mol. The zero-order valence-corrected chi connectivity index (χ0v) is 23.5. The van der Waals surface area contributed by atoms with Crippen molar-refractivity contribution in [2.45, 2.75) is 57.4 Å². The molecule has 0 spiro atoms. The van der Waals surface area contributed by atoms with Gasteiger partial charge >= 0.3 is 0 Å². The monoisotopic (exact) mass is 572 g/mol. The van der Waals surface area contributed by atoms with Gasteiger partial charge in [-0.25, -0.2) is 23.7 Å². The number of rotatable bonds is 8. The van der Waals surface area contributed by atoms with Gasteiger partial charge in [0.2, 0.25) is 23.7 Å². The molecular weight excluding hydrogens is 538 g/mol. The lowest BCUT2D eigenvalue weighted by atomic mass is 10.0. The Hall–Kier alpha value is -4.18. The number of ether oxygens (including phenoxy) is 1. The topological polar surface area (TPSA) is 101 Å². The van der Waals surface area contributed by atoms with E-state index in [-0.39, 0.29) is 37.1 Å². The lowest BCUT2D eigenvalue weighted by molar-refractivity contribution is -0.117. The third-order valence-corrected chi connectivity index (χ3v) is 7.99. The van der Waals surface area contributed by atoms with Crippen LogP contribution in [-0.2, 0) is 4.79 Å². The highest BCUT2D eigenvalue weighted by Gasteiger charge is 2.40. The number of aromatic nitrogens is 3. The van der Waals surface area contributed by atoms with Crippen LogP contribution in [0.15, 0.2) is 60.9 Å². The molecule has 2 fully saturated rings. The first-order chi connectivity index (χ1) is 20.3. The van der Waals surface area contributed by atoms with E-state index in [0.717, 1.165) is 47.8 Å². The molecule has 1 aliphatic heterocycles. The Morgan fingerprint density at radius 3 is 2.79 bits per heavy atom. The van der Waals surface area contributed by atoms with E-state index in [9.17, 15) is 13.6 Å². The van der Waals surface area contributed by atoms with Crippen LogP contribution in [0.2, 0.25) is 0 Å². The Balaban J connectivity index is 1.25. The van der Waals surface area contributed by atoms with Crippen LogP contribution < -0.4 is 20.7 Å². The molecule has 1 aliphatic carbocycles. The highest BCUT2D eigenvalue weighted by Crippen LogP contribution is 2.41. The maximum absolute atomic E-state index is 13.6. The van der Waals surface area contributed by atoms with Crippen LogP contribution in [0.1, 0.15) is 44.1 Å². The Morgan fingerprint density at radius 1 is 1.07 bits per heavy atom. The van der Waals surface area contributed by atoms with Crippen LogP contribution in [0, 0.1) is 12.8 Å². The van der Waals surface area contributed by atoms with Crippen LogP contribution in [0.5, 0.6) is 11.6 Å². The van der Waals surface area contributed by atoms with Crippen molar-refractivity contribution < 1.29 is 18.3 Å². The number of nitrogens with zero attached hydrogens (tertiary/aromatic N) is 3. The number of benzene rings is 2. The lowest BCUT2D eigenvalue weighted by Gasteiger charge is -2.23. The normalized spacial score (nSPS) is 19.9. The van der Waals surface area contributed by atoms with E-state index in [1.54, 1.807) is 12.4 Å². The molecule has 218 valence electrons. The number of hydrogen-bond donors (Lipinski definition) is 3. The van der Waals surface area contributed by atoms with Gasteiger partial charge in [0.05, 0.1) is 11.3 Å². The number of piperidine rings is 1. The first-order valence-corrected chi connectivity index (χ1v) is 14.5. The third kappa shape index (κ3) is 6.33. The fourth-order valence-corrected chi connectivity index (χ4v) is 5.86. The highest BCUT2D eigenvalue weighted by atomic mass is 19.3. The summed E-state index contributed by atoms with van der Waals surface area (Å²) in [5, 5.41) is 11.3. The van der Waals surface area contributed by atoms with Crippen LogP contribution in [-0.4, -0.2) is 45.9 Å². The first kappa shape index (κ1) is 28.0. The molecule has 8 nitrogen and oxygen atoms in total. The van der Waals surface area contributed by atoms with Crippen molar-refractivity contribution in [3.63, 3.8) is 0 Å². The summed E-state index contributed by atoms with van der Waals surface area (Å²) in [6.07, 6.45) is 5.61. The number of nitrogens with one attached hydrogen (secondary N) is 3. The number of aryl methyl sites for hydroxylation is 1. The molecule has 3 N–H and O–H groups in total. The van der Waals surface area contributed by atoms with Crippen LogP contribution in [0.4, 0.5) is 20.4 Å². The number of anilines is 2. The molecule has 0 bridgehead atoms. The van der Waals surface area contributed by atoms with E-state index in [0.29, 0.717) is 35.4 Å². The molecule has 1 saturated carbocycles. The van der Waals surface area contributed by atoms with Crippen molar-refractivity contribution in [3.05, 3.63) is 66.5 Å². The lowest BCUT2D eigenvalue weighted by Crippen LogP contribution is -2.38. The molecule has 2 aliphatic rings. The summed E-state index contributed by atoms with van der Waals surface area (Å²) in [6.45, 7) is 3.85. The number of halogens is 2. The predicted octanol–water partition coefficient (Wildman–Crippen LogP) is 6.72. The second-order valence-corrected chi connectivity index (χ2v) is 11.2. The first-order valence-electron chi connectivity index (χ1n) is 14.5. The molecule has 0 unspecified atom stereocenters. The van der Waals surface area contributed by atoms with Gasteiger partial charge in [0.1, 0.15) is 5.75 Å². The molecule has 4 aromatic rings. The second-order valence-electron chi connectivity index (χ2n) is 11.2. The molecule has 6 rings (SSSR count). The third-order valence-electron chi connectivity index (χ3n) is 7.99. The van der Waals surface area contributed by atoms with Gasteiger partial charge in [-0.3, -0.25) is 4.79 Å². The second kappa shape index (κ2) is 12.0. The standard InChI is InChI=1S/C32H34F2N6O2/c1-20-9-10-23-24(6-2-8-26(23)39-28(41)17-21-11-13-32(33,34)18-21)29(20)42-30-25(7-4-15-36-30)27-12-16-37-31(40-27)38-22-5-3-14-35-19-22/h2,4,6-10,12,15-16,21-22,35H,3,5,11,13-14,17-19H2,1H3,(H,39,41)(H,37,38,40)/t21-,22+/m1/s1. The van der Waals surface area contributed by atoms with E-state index < -0.39 is 5.92 Å². The molecule has 0 radical (unpaired) electrons. The van der Waals surface area contributed by atoms with Crippen molar-refractivity contribution >= 4 is 28.3 Å². The molecule has 10 heteroatoms. The minimum Gasteiger partial charge on any atom is -0.437 e. The number of hydrogen-bond acceptors (Lipinski definition) is 7. The summed E-state index contributed by atoms with van der Waals surface area (Å²) in [4.78, 5) is 26.5. The Labute approximate surface area is 243 Å². The molecule has 2 atom stereocenters. The largest absolute Gasteiger partial charge is 0.437 e. The van der Waals surface area contributed by atoms with Gasteiger partial charge in [0.25, 0.3) is 0 Å². The number of amides is 1. The molecule has 1 saturated heterocycles. The number of carbonyl (C=O) groups excluding carboxylic acids is 1. The van der Waals surface area contributed by atoms with E-state index in [2.05, 4.69) is 25.9 Å². The Kier molecular flexibility index (Phi) is 7.97. The number of alkyl halides is 2. The van der Waals surface area contributed by atoms with Crippen molar-refractivity contribution in [1.29, 1.82) is 0 Å². The highest BCUT2D eigenvalue weighted by molar-refractivity contribution is 6.04. The SMILES string of the molecule is Cc1ccc2c(NC(=O)C[C@H]3CCC(F)(F)C3)cccc2c1Oc1ncccc1-c1ccnc(N[C@H]2CCCNC2)n1. The van der Waals surface area contributed by atoms with Gasteiger partial charge in [-0.05, 0) is 68.5 Å². The minimum absolute atomic E-state index is 0.0749. The van der Waals surface area contributed by atoms with Gasteiger partial charge in [0.15, 0.2) is 0 Å². The van der Waals surface area contributed by atoms with Gasteiger partial charge in [-0.2, -0.15) is 0 Å². The van der Waals surface area contributed by atoms with Crippen LogP contribution in [0.3, 0.4) is 0 Å². The molecule has 3 heterocycles. The number of pyridine rings is 1. The fraction of sp³-hybridized carbons (Fsp3) is 0.375. The van der Waals surface area contributed by atoms with Gasteiger partial charge in [0, 0.05) is 60.7 Å². The van der Waals surface area contributed by atoms with Gasteiger partial charge < -0.3 is 20.7 Å². The maximum Gasteiger partial charge on any atom is 0.248 e. The molecular formula is C32H34F2N6O2. The van der Waals surface area contributed by atoms with Crippen molar-refractivity contribution in [1.82, 2.24) is 20.3 Å². The fourth-order valence-electron chi connectivity index (χ4n) is 5.86. The number of carbonyl (C=O) groups is 1. The van der Waals surface area contributed by atoms with E-state index in [1.165, 1.54) is 0 Å². The van der Waals surface area contributed by atoms with Gasteiger partial charge in [-0.1, -0.05) is 24.3 Å². The van der Waals surface area contributed by atoms with Crippen molar-refractivity contribution in [2.24, 2.45) is 5.92 Å². The van der Waals surface area contributed by atoms with Crippen LogP contribution in [0.25, 0.3) is 22.0 Å². The zero-order chi connectivity index (χ0) is 29.1. The van der Waals surface area contributed by atoms with E-state index in [1.807, 2.05) is 55.5 Å². The smallest absolute Gasteiger partial charge is 0.248 e. The summed E-state index contributed by atoms with van der Waals surface area (Å²) >= 11 is 0. The van der Waals surface area contributed by atoms with Gasteiger partial charge in [-0.15, -0.1) is 0 Å². The quantitative estimate of drug-likeness (QED) is 0.215. The summed E-state index contributed by atoms with van der Waals surface area (Å²) < 4.78 is 33.8. The Bertz CT molecular complexity index is 1590. The Morgan fingerprint density at radius 2 is 1.98 bits per heavy atom. The summed E-state index contributed by atoms with van der Waals surface area (Å²) in [5.74, 6) is -1.68. The average molecular weight is 573 g/mol. The average Bonchev–Trinajstić information content (AvgIpc) is 3.33. The van der Waals surface area contributed by atoms with E-state index in [4.69, 9.17) is 9.72 Å². The minimum atomic E-state index is -2.67. The zero-order valence-electron chi connectivity index (χ0n) is 23.5. The summed E-state index contributed by atoms with van der Waals surface area (Å²) in [6, 6.07) is 15.3.